The van der Waals surface area contributed by atoms with Crippen molar-refractivity contribution >= 4 is 11.9 Å². The maximum absolute atomic E-state index is 12.5. The van der Waals surface area contributed by atoms with E-state index in [9.17, 15) is 9.59 Å². The second kappa shape index (κ2) is 5.26. The average Bonchev–Trinajstić information content (AvgIpc) is 2.33. The minimum atomic E-state index is -0.779. The van der Waals surface area contributed by atoms with Crippen LogP contribution >= 0.6 is 0 Å². The van der Waals surface area contributed by atoms with Crippen molar-refractivity contribution in [1.82, 2.24) is 4.90 Å². The standard InChI is InChI=1S/C13H22N2O3/c14-9-13(4-2-1-3-5-13)12(18)15-7-10(8-15)6-11(16)17/h10H,1-9,14H2,(H,16,17). The van der Waals surface area contributed by atoms with E-state index >= 15 is 0 Å². The number of carbonyl (C=O) groups excluding carboxylic acids is 1. The lowest BCUT2D eigenvalue weighted by Crippen LogP contribution is -2.57. The highest BCUT2D eigenvalue weighted by atomic mass is 16.4. The number of rotatable bonds is 4. The quantitative estimate of drug-likeness (QED) is 0.778. The number of carboxylic acids is 1. The monoisotopic (exact) mass is 254 g/mol. The van der Waals surface area contributed by atoms with Crippen LogP contribution < -0.4 is 5.73 Å². The predicted octanol–water partition coefficient (Wildman–Crippen LogP) is 0.829. The molecule has 1 saturated carbocycles. The largest absolute Gasteiger partial charge is 0.481 e. The highest BCUT2D eigenvalue weighted by Crippen LogP contribution is 2.38. The van der Waals surface area contributed by atoms with Crippen LogP contribution in [0.3, 0.4) is 0 Å². The summed E-state index contributed by atoms with van der Waals surface area (Å²) in [5, 5.41) is 8.70. The molecule has 0 aromatic rings. The lowest BCUT2D eigenvalue weighted by atomic mass is 9.72. The van der Waals surface area contributed by atoms with Crippen LogP contribution in [0.5, 0.6) is 0 Å². The summed E-state index contributed by atoms with van der Waals surface area (Å²) in [4.78, 5) is 24.8. The molecule has 0 unspecified atom stereocenters. The van der Waals surface area contributed by atoms with E-state index in [1.54, 1.807) is 4.90 Å². The molecule has 3 N–H and O–H groups in total. The molecule has 0 atom stereocenters. The second-order valence-electron chi connectivity index (χ2n) is 5.72. The molecule has 2 fully saturated rings. The number of carbonyl (C=O) groups is 2. The van der Waals surface area contributed by atoms with Gasteiger partial charge in [0.1, 0.15) is 0 Å². The van der Waals surface area contributed by atoms with Crippen LogP contribution in [0.4, 0.5) is 0 Å². The summed E-state index contributed by atoms with van der Waals surface area (Å²) >= 11 is 0. The number of amides is 1. The van der Waals surface area contributed by atoms with Gasteiger partial charge in [-0.2, -0.15) is 0 Å². The fraction of sp³-hybridized carbons (Fsp3) is 0.846. The molecule has 0 bridgehead atoms. The summed E-state index contributed by atoms with van der Waals surface area (Å²) < 4.78 is 0. The van der Waals surface area contributed by atoms with Gasteiger partial charge in [-0.15, -0.1) is 0 Å². The van der Waals surface area contributed by atoms with Crippen molar-refractivity contribution < 1.29 is 14.7 Å². The van der Waals surface area contributed by atoms with Crippen molar-refractivity contribution in [2.75, 3.05) is 19.6 Å². The van der Waals surface area contributed by atoms with Gasteiger partial charge in [0.15, 0.2) is 0 Å². The van der Waals surface area contributed by atoms with Gasteiger partial charge in [-0.3, -0.25) is 9.59 Å². The fourth-order valence-corrected chi connectivity index (χ4v) is 3.18. The van der Waals surface area contributed by atoms with Crippen molar-refractivity contribution in [2.45, 2.75) is 38.5 Å². The van der Waals surface area contributed by atoms with E-state index in [0.29, 0.717) is 19.6 Å². The average molecular weight is 254 g/mol. The summed E-state index contributed by atoms with van der Waals surface area (Å²) in [5.74, 6) is -0.491. The lowest BCUT2D eigenvalue weighted by molar-refractivity contribution is -0.153. The van der Waals surface area contributed by atoms with Crippen LogP contribution in [0.25, 0.3) is 0 Å². The molecule has 1 aliphatic carbocycles. The first kappa shape index (κ1) is 13.3. The summed E-state index contributed by atoms with van der Waals surface area (Å²) in [6.45, 7) is 1.60. The van der Waals surface area contributed by atoms with Crippen LogP contribution in [-0.4, -0.2) is 41.5 Å². The SMILES string of the molecule is NCC1(C(=O)N2CC(CC(=O)O)C2)CCCCC1. The van der Waals surface area contributed by atoms with Crippen molar-refractivity contribution in [3.05, 3.63) is 0 Å². The zero-order chi connectivity index (χ0) is 13.2. The summed E-state index contributed by atoms with van der Waals surface area (Å²) in [7, 11) is 0. The molecule has 2 rings (SSSR count). The van der Waals surface area contributed by atoms with E-state index in [2.05, 4.69) is 0 Å². The summed E-state index contributed by atoms with van der Waals surface area (Å²) in [6, 6.07) is 0. The third-order valence-electron chi connectivity index (χ3n) is 4.36. The number of likely N-dealkylation sites (tertiary alicyclic amines) is 1. The highest BCUT2D eigenvalue weighted by molar-refractivity contribution is 5.84. The van der Waals surface area contributed by atoms with Crippen molar-refractivity contribution in [2.24, 2.45) is 17.1 Å². The molecule has 0 aromatic heterocycles. The Hall–Kier alpha value is -1.10. The van der Waals surface area contributed by atoms with Crippen LogP contribution in [0, 0.1) is 11.3 Å². The Morgan fingerprint density at radius 1 is 1.22 bits per heavy atom. The van der Waals surface area contributed by atoms with Gasteiger partial charge in [0.25, 0.3) is 0 Å². The molecule has 1 amide bonds. The van der Waals surface area contributed by atoms with Crippen LogP contribution in [-0.2, 0) is 9.59 Å². The Morgan fingerprint density at radius 2 is 1.83 bits per heavy atom. The van der Waals surface area contributed by atoms with Crippen LogP contribution in [0.2, 0.25) is 0 Å². The van der Waals surface area contributed by atoms with Crippen molar-refractivity contribution in [3.8, 4) is 0 Å². The molecule has 102 valence electrons. The van der Waals surface area contributed by atoms with E-state index in [1.165, 1.54) is 6.42 Å². The Bertz CT molecular complexity index is 331. The van der Waals surface area contributed by atoms with Gasteiger partial charge in [0.05, 0.1) is 11.8 Å². The first-order valence-corrected chi connectivity index (χ1v) is 6.79. The molecular formula is C13H22N2O3. The maximum atomic E-state index is 12.5. The zero-order valence-electron chi connectivity index (χ0n) is 10.7. The first-order chi connectivity index (χ1) is 8.57. The lowest BCUT2D eigenvalue weighted by Gasteiger charge is -2.45. The Kier molecular flexibility index (Phi) is 3.90. The Balaban J connectivity index is 1.89. The third-order valence-corrected chi connectivity index (χ3v) is 4.36. The van der Waals surface area contributed by atoms with E-state index in [0.717, 1.165) is 25.7 Å². The van der Waals surface area contributed by atoms with E-state index in [1.807, 2.05) is 0 Å². The highest BCUT2D eigenvalue weighted by Gasteiger charge is 2.44. The smallest absolute Gasteiger partial charge is 0.303 e. The van der Waals surface area contributed by atoms with E-state index < -0.39 is 5.97 Å². The minimum absolute atomic E-state index is 0.130. The molecule has 0 spiro atoms. The number of hydrogen-bond acceptors (Lipinski definition) is 3. The predicted molar refractivity (Wildman–Crippen MR) is 66.9 cm³/mol. The zero-order valence-corrected chi connectivity index (χ0v) is 10.7. The summed E-state index contributed by atoms with van der Waals surface area (Å²) in [5.41, 5.74) is 5.47. The maximum Gasteiger partial charge on any atom is 0.303 e. The molecule has 2 aliphatic rings. The second-order valence-corrected chi connectivity index (χ2v) is 5.72. The molecule has 0 radical (unpaired) electrons. The molecule has 18 heavy (non-hydrogen) atoms. The van der Waals surface area contributed by atoms with Gasteiger partial charge >= 0.3 is 5.97 Å². The molecule has 1 saturated heterocycles. The number of carboxylic acid groups (broad SMARTS) is 1. The minimum Gasteiger partial charge on any atom is -0.481 e. The molecule has 1 aliphatic heterocycles. The van der Waals surface area contributed by atoms with Gasteiger partial charge in [0, 0.05) is 25.6 Å². The van der Waals surface area contributed by atoms with Crippen LogP contribution in [0.15, 0.2) is 0 Å². The van der Waals surface area contributed by atoms with Crippen LogP contribution in [0.1, 0.15) is 38.5 Å². The number of nitrogens with zero attached hydrogens (tertiary/aromatic N) is 1. The Labute approximate surface area is 107 Å². The van der Waals surface area contributed by atoms with Gasteiger partial charge in [-0.1, -0.05) is 19.3 Å². The number of nitrogens with two attached hydrogens (primary N) is 1. The van der Waals surface area contributed by atoms with Crippen molar-refractivity contribution in [3.63, 3.8) is 0 Å². The molecule has 5 heteroatoms. The normalized spacial score (nSPS) is 23.5. The number of hydrogen-bond donors (Lipinski definition) is 2. The molecule has 5 nitrogen and oxygen atoms in total. The number of aliphatic carboxylic acids is 1. The summed E-state index contributed by atoms with van der Waals surface area (Å²) in [6.07, 6.45) is 5.30. The first-order valence-electron chi connectivity index (χ1n) is 6.79. The van der Waals surface area contributed by atoms with Gasteiger partial charge in [0.2, 0.25) is 5.91 Å². The van der Waals surface area contributed by atoms with E-state index in [-0.39, 0.29) is 23.7 Å². The Morgan fingerprint density at radius 3 is 2.33 bits per heavy atom. The third kappa shape index (κ3) is 2.51. The molecule has 1 heterocycles. The fourth-order valence-electron chi connectivity index (χ4n) is 3.18. The molecular weight excluding hydrogens is 232 g/mol. The van der Waals surface area contributed by atoms with Gasteiger partial charge in [-0.05, 0) is 12.8 Å². The van der Waals surface area contributed by atoms with Gasteiger partial charge in [-0.25, -0.2) is 0 Å². The van der Waals surface area contributed by atoms with E-state index in [4.69, 9.17) is 10.8 Å². The topological polar surface area (TPSA) is 83.6 Å². The van der Waals surface area contributed by atoms with Crippen molar-refractivity contribution in [1.29, 1.82) is 0 Å². The molecule has 0 aromatic carbocycles. The van der Waals surface area contributed by atoms with Gasteiger partial charge < -0.3 is 15.7 Å².